The normalized spacial score (nSPS) is 30.7. The molecule has 2 heterocycles. The zero-order chi connectivity index (χ0) is 19.2. The van der Waals surface area contributed by atoms with E-state index in [0.29, 0.717) is 0 Å². The number of fused-ring (bicyclic) bond motifs is 1. The molecule has 0 aromatic heterocycles. The zero-order valence-corrected chi connectivity index (χ0v) is 16.7. The summed E-state index contributed by atoms with van der Waals surface area (Å²) >= 11 is 0. The molecule has 0 spiro atoms. The summed E-state index contributed by atoms with van der Waals surface area (Å²) in [7, 11) is 2.25. The number of hydrogen-bond acceptors (Lipinski definition) is 5. The van der Waals surface area contributed by atoms with Crippen LogP contribution in [0.1, 0.15) is 32.4 Å². The van der Waals surface area contributed by atoms with Crippen LogP contribution in [0.4, 0.5) is 0 Å². The summed E-state index contributed by atoms with van der Waals surface area (Å²) in [6.07, 6.45) is 2.91. The first kappa shape index (κ1) is 19.2. The van der Waals surface area contributed by atoms with Crippen LogP contribution in [0, 0.1) is 0 Å². The molecule has 7 heteroatoms. The van der Waals surface area contributed by atoms with Gasteiger partial charge in [-0.3, -0.25) is 9.10 Å². The summed E-state index contributed by atoms with van der Waals surface area (Å²) in [5, 5.41) is 14.2. The van der Waals surface area contributed by atoms with Crippen molar-refractivity contribution in [3.05, 3.63) is 48.0 Å². The minimum absolute atomic E-state index is 0.163. The van der Waals surface area contributed by atoms with Crippen molar-refractivity contribution >= 4 is 16.9 Å². The summed E-state index contributed by atoms with van der Waals surface area (Å²) in [5.41, 5.74) is 0.255. The molecule has 1 unspecified atom stereocenters. The van der Waals surface area contributed by atoms with E-state index in [2.05, 4.69) is 0 Å². The van der Waals surface area contributed by atoms with Crippen molar-refractivity contribution in [1.29, 1.82) is 0 Å². The van der Waals surface area contributed by atoms with Gasteiger partial charge in [0.25, 0.3) is 5.91 Å². The Labute approximate surface area is 157 Å². The highest BCUT2D eigenvalue weighted by Gasteiger charge is 2.55. The van der Waals surface area contributed by atoms with Crippen LogP contribution in [0.5, 0.6) is 0 Å². The highest BCUT2D eigenvalue weighted by Crippen LogP contribution is 2.38. The molecular weight excluding hydrogens is 350 g/mol. The Balaban J connectivity index is 2.00. The Morgan fingerprint density at radius 2 is 1.77 bits per heavy atom. The Morgan fingerprint density at radius 3 is 2.31 bits per heavy atom. The molecule has 2 aliphatic rings. The second-order valence-electron chi connectivity index (χ2n) is 7.95. The fourth-order valence-electron chi connectivity index (χ4n) is 3.73. The molecule has 1 saturated heterocycles. The molecule has 1 N–H and O–H groups in total. The number of hydrogen-bond donors (Lipinski definition) is 1. The molecule has 5 atom stereocenters. The molecule has 6 nitrogen and oxygen atoms in total. The van der Waals surface area contributed by atoms with Crippen molar-refractivity contribution in [3.8, 4) is 0 Å². The Kier molecular flexibility index (Phi) is 5.09. The highest BCUT2D eigenvalue weighted by atomic mass is 32.2. The number of rotatable bonds is 3. The Hall–Kier alpha value is -1.54. The van der Waals surface area contributed by atoms with Gasteiger partial charge in [-0.2, -0.15) is 0 Å². The van der Waals surface area contributed by atoms with E-state index < -0.39 is 40.0 Å². The fraction of sp³-hybridized carbons (Fsp3) is 0.526. The Bertz CT molecular complexity index is 729. The molecule has 0 aliphatic carbocycles. The number of carbonyl (C=O) groups excluding carboxylic acids is 1. The zero-order valence-electron chi connectivity index (χ0n) is 15.9. The van der Waals surface area contributed by atoms with Crippen molar-refractivity contribution in [2.24, 2.45) is 0 Å². The summed E-state index contributed by atoms with van der Waals surface area (Å²) in [6, 6.07) is 8.41. The molecule has 142 valence electrons. The van der Waals surface area contributed by atoms with E-state index in [1.165, 1.54) is 4.31 Å². The van der Waals surface area contributed by atoms with E-state index >= 15 is 0 Å². The number of hydrazine groups is 1. The lowest BCUT2D eigenvalue weighted by molar-refractivity contribution is -0.146. The number of aliphatic hydroxyl groups excluding tert-OH is 1. The molecule has 1 fully saturated rings. The summed E-state index contributed by atoms with van der Waals surface area (Å²) in [5.74, 6) is -0.163. The SMILES string of the molecule is CN(C)N1[C@@H]([C@H](O)c2ccccc2)C=C[C@H]2[C@@H]1C(=O)N(C(C)(C)C)S2=O. The van der Waals surface area contributed by atoms with E-state index in [0.717, 1.165) is 5.56 Å². The third-order valence-corrected chi connectivity index (χ3v) is 6.77. The second-order valence-corrected chi connectivity index (χ2v) is 9.41. The lowest BCUT2D eigenvalue weighted by Crippen LogP contribution is -2.60. The standard InChI is InChI=1S/C19H27N3O3S/c1-19(2,3)22-18(24)16-15(26(22)25)12-11-14(21(16)20(4)5)17(23)13-9-7-6-8-10-13/h6-12,14-17,23H,1-5H3/t14-,15+,16-,17-,26?/m1/s1. The molecule has 0 radical (unpaired) electrons. The van der Waals surface area contributed by atoms with E-state index in [-0.39, 0.29) is 5.91 Å². The number of nitrogens with zero attached hydrogens (tertiary/aromatic N) is 3. The van der Waals surface area contributed by atoms with Crippen LogP contribution >= 0.6 is 0 Å². The summed E-state index contributed by atoms with van der Waals surface area (Å²) in [4.78, 5) is 13.2. The molecule has 26 heavy (non-hydrogen) atoms. The fourth-order valence-corrected chi connectivity index (χ4v) is 5.48. The Morgan fingerprint density at radius 1 is 1.15 bits per heavy atom. The van der Waals surface area contributed by atoms with Crippen molar-refractivity contribution in [1.82, 2.24) is 14.3 Å². The van der Waals surface area contributed by atoms with E-state index in [4.69, 9.17) is 0 Å². The van der Waals surface area contributed by atoms with Gasteiger partial charge in [0, 0.05) is 19.6 Å². The minimum atomic E-state index is -1.44. The van der Waals surface area contributed by atoms with Gasteiger partial charge in [-0.15, -0.1) is 0 Å². The highest BCUT2D eigenvalue weighted by molar-refractivity contribution is 7.84. The van der Waals surface area contributed by atoms with E-state index in [9.17, 15) is 14.1 Å². The average Bonchev–Trinajstić information content (AvgIpc) is 2.85. The summed E-state index contributed by atoms with van der Waals surface area (Å²) in [6.45, 7) is 5.67. The lowest BCUT2D eigenvalue weighted by Gasteiger charge is -2.43. The number of benzene rings is 1. The first-order valence-corrected chi connectivity index (χ1v) is 9.93. The van der Waals surface area contributed by atoms with Crippen LogP contribution in [0.25, 0.3) is 0 Å². The van der Waals surface area contributed by atoms with Crippen LogP contribution < -0.4 is 0 Å². The van der Waals surface area contributed by atoms with Crippen LogP contribution in [0.3, 0.4) is 0 Å². The van der Waals surface area contributed by atoms with Crippen molar-refractivity contribution < 1.29 is 14.1 Å². The quantitative estimate of drug-likeness (QED) is 0.809. The molecule has 1 aromatic rings. The van der Waals surface area contributed by atoms with Gasteiger partial charge in [0.15, 0.2) is 0 Å². The molecule has 0 saturated carbocycles. The number of amides is 1. The topological polar surface area (TPSA) is 64.1 Å². The molecule has 0 bridgehead atoms. The molecule has 3 rings (SSSR count). The smallest absolute Gasteiger partial charge is 0.255 e. The van der Waals surface area contributed by atoms with Gasteiger partial charge in [0.2, 0.25) is 0 Å². The average molecular weight is 378 g/mol. The first-order valence-electron chi connectivity index (χ1n) is 8.76. The molecule has 1 aromatic carbocycles. The predicted octanol–water partition coefficient (Wildman–Crippen LogP) is 1.48. The monoisotopic (exact) mass is 377 g/mol. The van der Waals surface area contributed by atoms with E-state index in [1.54, 1.807) is 0 Å². The summed E-state index contributed by atoms with van der Waals surface area (Å²) < 4.78 is 14.4. The maximum absolute atomic E-state index is 13.2. The first-order chi connectivity index (χ1) is 12.1. The molecular formula is C19H27N3O3S. The van der Waals surface area contributed by atoms with Crippen LogP contribution in [-0.4, -0.2) is 66.5 Å². The van der Waals surface area contributed by atoms with Crippen molar-refractivity contribution in [2.75, 3.05) is 14.1 Å². The largest absolute Gasteiger partial charge is 0.386 e. The molecule has 2 aliphatic heterocycles. The van der Waals surface area contributed by atoms with Gasteiger partial charge in [-0.05, 0) is 26.3 Å². The lowest BCUT2D eigenvalue weighted by atomic mass is 9.95. The van der Waals surface area contributed by atoms with Crippen LogP contribution in [0.15, 0.2) is 42.5 Å². The maximum atomic E-state index is 13.2. The third kappa shape index (κ3) is 3.13. The van der Waals surface area contributed by atoms with Gasteiger partial charge < -0.3 is 5.11 Å². The molecule has 1 amide bonds. The number of carbonyl (C=O) groups is 1. The van der Waals surface area contributed by atoms with E-state index in [1.807, 2.05) is 87.4 Å². The minimum Gasteiger partial charge on any atom is -0.386 e. The van der Waals surface area contributed by atoms with Crippen molar-refractivity contribution in [2.45, 2.75) is 49.7 Å². The van der Waals surface area contributed by atoms with Crippen LogP contribution in [-0.2, 0) is 15.8 Å². The second kappa shape index (κ2) is 6.88. The third-order valence-electron chi connectivity index (χ3n) is 4.80. The van der Waals surface area contributed by atoms with Crippen molar-refractivity contribution in [3.63, 3.8) is 0 Å². The van der Waals surface area contributed by atoms with Gasteiger partial charge in [-0.1, -0.05) is 42.5 Å². The number of aliphatic hydroxyl groups is 1. The van der Waals surface area contributed by atoms with Gasteiger partial charge in [0.1, 0.15) is 17.0 Å². The van der Waals surface area contributed by atoms with Crippen LogP contribution in [0.2, 0.25) is 0 Å². The predicted molar refractivity (Wildman–Crippen MR) is 102 cm³/mol. The maximum Gasteiger partial charge on any atom is 0.255 e. The van der Waals surface area contributed by atoms with Gasteiger partial charge in [0.05, 0.1) is 17.4 Å². The van der Waals surface area contributed by atoms with Gasteiger partial charge in [-0.25, -0.2) is 14.2 Å². The van der Waals surface area contributed by atoms with Gasteiger partial charge >= 0.3 is 0 Å².